The summed E-state index contributed by atoms with van der Waals surface area (Å²) in [5.74, 6) is -2.91. The molecule has 4 bridgehead atoms. The summed E-state index contributed by atoms with van der Waals surface area (Å²) in [6.45, 7) is 0. The summed E-state index contributed by atoms with van der Waals surface area (Å²) in [5, 5.41) is 5.01. The third-order valence-corrected chi connectivity index (χ3v) is 6.51. The zero-order valence-electron chi connectivity index (χ0n) is 12.3. The fraction of sp³-hybridized carbons (Fsp3) is 0.923. The highest BCUT2D eigenvalue weighted by atomic mass is 32.2. The number of ether oxygens (including phenoxy) is 1. The molecule has 2 N–H and O–H groups in total. The van der Waals surface area contributed by atoms with Crippen molar-refractivity contribution >= 4 is 16.1 Å². The van der Waals surface area contributed by atoms with Crippen molar-refractivity contribution in [3.63, 3.8) is 0 Å². The lowest BCUT2D eigenvalue weighted by atomic mass is 9.53. The molecule has 24 heavy (non-hydrogen) atoms. The van der Waals surface area contributed by atoms with Crippen LogP contribution in [0, 0.1) is 17.8 Å². The maximum atomic E-state index is 14.0. The second-order valence-electron chi connectivity index (χ2n) is 7.11. The Labute approximate surface area is 134 Å². The van der Waals surface area contributed by atoms with Crippen molar-refractivity contribution in [1.29, 1.82) is 0 Å². The van der Waals surface area contributed by atoms with E-state index in [-0.39, 0.29) is 24.7 Å². The summed E-state index contributed by atoms with van der Waals surface area (Å²) < 4.78 is 87.2. The van der Waals surface area contributed by atoms with Crippen LogP contribution in [-0.2, 0) is 19.6 Å². The Balaban J connectivity index is 1.89. The molecular formula is C13H16F4O6S. The monoisotopic (exact) mass is 376 g/mol. The van der Waals surface area contributed by atoms with E-state index in [4.69, 9.17) is 4.55 Å². The van der Waals surface area contributed by atoms with Gasteiger partial charge in [-0.3, -0.25) is 4.55 Å². The van der Waals surface area contributed by atoms with E-state index >= 15 is 0 Å². The summed E-state index contributed by atoms with van der Waals surface area (Å²) in [6.07, 6.45) is -5.34. The first-order valence-corrected chi connectivity index (χ1v) is 8.88. The molecule has 0 radical (unpaired) electrons. The van der Waals surface area contributed by atoms with Gasteiger partial charge in [0.05, 0.1) is 0 Å². The molecule has 138 valence electrons. The summed E-state index contributed by atoms with van der Waals surface area (Å²) in [4.78, 5) is 11.7. The van der Waals surface area contributed by atoms with Crippen molar-refractivity contribution in [2.45, 2.75) is 55.0 Å². The largest absolute Gasteiger partial charge is 0.456 e. The predicted octanol–water partition coefficient (Wildman–Crippen LogP) is 1.59. The fourth-order valence-corrected chi connectivity index (χ4v) is 5.27. The maximum absolute atomic E-state index is 14.0. The van der Waals surface area contributed by atoms with Crippen LogP contribution in [-0.4, -0.2) is 46.9 Å². The molecule has 0 aromatic rings. The molecular weight excluding hydrogens is 360 g/mol. The number of halogens is 4. The van der Waals surface area contributed by atoms with E-state index in [9.17, 15) is 35.9 Å². The molecule has 4 aliphatic carbocycles. The lowest BCUT2D eigenvalue weighted by molar-refractivity contribution is -0.247. The molecule has 4 saturated carbocycles. The first-order valence-electron chi connectivity index (χ1n) is 7.44. The van der Waals surface area contributed by atoms with Gasteiger partial charge in [-0.05, 0) is 49.9 Å². The molecule has 11 heteroatoms. The van der Waals surface area contributed by atoms with Crippen LogP contribution in [0.4, 0.5) is 17.6 Å². The Kier molecular flexibility index (Phi) is 3.75. The van der Waals surface area contributed by atoms with E-state index in [2.05, 4.69) is 4.74 Å². The molecule has 0 spiro atoms. The molecule has 0 heterocycles. The van der Waals surface area contributed by atoms with Crippen LogP contribution < -0.4 is 0 Å². The van der Waals surface area contributed by atoms with E-state index in [1.54, 1.807) is 0 Å². The third kappa shape index (κ3) is 2.43. The summed E-state index contributed by atoms with van der Waals surface area (Å²) >= 11 is 0. The van der Waals surface area contributed by atoms with Crippen molar-refractivity contribution in [2.75, 3.05) is 0 Å². The number of alkyl halides is 4. The Bertz CT molecular complexity index is 648. The quantitative estimate of drug-likeness (QED) is 0.441. The first kappa shape index (κ1) is 17.9. The van der Waals surface area contributed by atoms with Gasteiger partial charge in [0, 0.05) is 0 Å². The normalized spacial score (nSPS) is 41.1. The van der Waals surface area contributed by atoms with Crippen LogP contribution in [0.25, 0.3) is 0 Å². The lowest BCUT2D eigenvalue weighted by Gasteiger charge is -2.57. The number of carbonyl (C=O) groups is 1. The number of hydrogen-bond donors (Lipinski definition) is 2. The summed E-state index contributed by atoms with van der Waals surface area (Å²) in [5.41, 5.74) is -1.59. The number of carbonyl (C=O) groups excluding carboxylic acids is 1. The van der Waals surface area contributed by atoms with Gasteiger partial charge in [0.25, 0.3) is 0 Å². The highest BCUT2D eigenvalue weighted by Crippen LogP contribution is 2.57. The van der Waals surface area contributed by atoms with Crippen molar-refractivity contribution < 1.29 is 45.2 Å². The Hall–Kier alpha value is -0.940. The van der Waals surface area contributed by atoms with Crippen molar-refractivity contribution in [1.82, 2.24) is 0 Å². The van der Waals surface area contributed by atoms with Crippen LogP contribution in [0.1, 0.15) is 32.1 Å². The van der Waals surface area contributed by atoms with Crippen LogP contribution in [0.5, 0.6) is 0 Å². The topological polar surface area (TPSA) is 101 Å². The molecule has 0 aliphatic heterocycles. The Morgan fingerprint density at radius 1 is 1.08 bits per heavy atom. The minimum Gasteiger partial charge on any atom is -0.456 e. The minimum absolute atomic E-state index is 0.154. The Morgan fingerprint density at radius 3 is 1.96 bits per heavy atom. The number of aliphatic hydroxyl groups is 1. The zero-order chi connectivity index (χ0) is 18.1. The molecule has 0 saturated heterocycles. The molecule has 4 aliphatic rings. The van der Waals surface area contributed by atoms with E-state index in [0.29, 0.717) is 12.8 Å². The van der Waals surface area contributed by atoms with E-state index < -0.39 is 44.9 Å². The SMILES string of the molecule is O=C(OC1C2CC3CC(C2)CC1(O)C3)C(F)(C(F)(F)F)S(=O)(=O)O. The van der Waals surface area contributed by atoms with Gasteiger partial charge in [0.15, 0.2) is 0 Å². The molecule has 4 atom stereocenters. The molecule has 6 nitrogen and oxygen atoms in total. The van der Waals surface area contributed by atoms with E-state index in [1.165, 1.54) is 0 Å². The maximum Gasteiger partial charge on any atom is 0.451 e. The van der Waals surface area contributed by atoms with Gasteiger partial charge in [-0.15, -0.1) is 0 Å². The van der Waals surface area contributed by atoms with Crippen LogP contribution in [0.2, 0.25) is 0 Å². The second kappa shape index (κ2) is 5.04. The second-order valence-corrected chi connectivity index (χ2v) is 8.62. The van der Waals surface area contributed by atoms with Crippen LogP contribution in [0.3, 0.4) is 0 Å². The van der Waals surface area contributed by atoms with Gasteiger partial charge in [-0.25, -0.2) is 9.18 Å². The highest BCUT2D eigenvalue weighted by Gasteiger charge is 2.73. The van der Waals surface area contributed by atoms with Gasteiger partial charge in [-0.1, -0.05) is 0 Å². The van der Waals surface area contributed by atoms with Gasteiger partial charge in [0.2, 0.25) is 0 Å². The fourth-order valence-electron chi connectivity index (χ4n) is 4.72. The zero-order valence-corrected chi connectivity index (χ0v) is 13.1. The van der Waals surface area contributed by atoms with Crippen molar-refractivity contribution in [2.24, 2.45) is 17.8 Å². The lowest BCUT2D eigenvalue weighted by Crippen LogP contribution is -2.64. The van der Waals surface area contributed by atoms with Gasteiger partial charge in [-0.2, -0.15) is 21.6 Å². The first-order chi connectivity index (χ1) is 10.8. The van der Waals surface area contributed by atoms with Crippen LogP contribution in [0.15, 0.2) is 0 Å². The molecule has 0 aromatic carbocycles. The summed E-state index contributed by atoms with van der Waals surface area (Å²) in [7, 11) is -6.47. The van der Waals surface area contributed by atoms with Crippen molar-refractivity contribution in [3.05, 3.63) is 0 Å². The van der Waals surface area contributed by atoms with E-state index in [1.807, 2.05) is 0 Å². The van der Waals surface area contributed by atoms with Crippen LogP contribution >= 0.6 is 0 Å². The average molecular weight is 376 g/mol. The predicted molar refractivity (Wildman–Crippen MR) is 69.8 cm³/mol. The molecule has 4 fully saturated rings. The minimum atomic E-state index is -6.47. The third-order valence-electron chi connectivity index (χ3n) is 5.40. The molecule has 0 aromatic heterocycles. The van der Waals surface area contributed by atoms with E-state index in [0.717, 1.165) is 6.42 Å². The van der Waals surface area contributed by atoms with Gasteiger partial charge >= 0.3 is 27.3 Å². The standard InChI is InChI=1S/C13H16F4O6S/c14-12(13(15,16)17,24(20,21)22)10(18)23-9-8-2-6-1-7(3-8)5-11(9,19)4-6/h6-9,19H,1-5H2,(H,20,21,22). The van der Waals surface area contributed by atoms with Gasteiger partial charge < -0.3 is 9.84 Å². The molecule has 0 amide bonds. The average Bonchev–Trinajstić information content (AvgIpc) is 2.37. The smallest absolute Gasteiger partial charge is 0.451 e. The van der Waals surface area contributed by atoms with Gasteiger partial charge in [0.1, 0.15) is 11.7 Å². The molecule has 4 rings (SSSR count). The molecule has 4 unspecified atom stereocenters. The number of rotatable bonds is 3. The summed E-state index contributed by atoms with van der Waals surface area (Å²) in [6, 6.07) is 0. The number of esters is 1. The highest BCUT2D eigenvalue weighted by molar-refractivity contribution is 7.88. The van der Waals surface area contributed by atoms with Crippen molar-refractivity contribution in [3.8, 4) is 0 Å². The Morgan fingerprint density at radius 2 is 1.58 bits per heavy atom. The number of hydrogen-bond acceptors (Lipinski definition) is 5.